The molecule has 0 amide bonds. The zero-order valence-electron chi connectivity index (χ0n) is 13.5. The first-order valence-electron chi connectivity index (χ1n) is 7.74. The molecule has 0 aliphatic carbocycles. The molecule has 1 atom stereocenters. The van der Waals surface area contributed by atoms with Gasteiger partial charge in [-0.25, -0.2) is 0 Å². The van der Waals surface area contributed by atoms with Crippen molar-refractivity contribution in [3.63, 3.8) is 0 Å². The molecular weight excluding hydrogens is 274 g/mol. The molecule has 1 aliphatic rings. The smallest absolute Gasteiger partial charge is 0.145 e. The monoisotopic (exact) mass is 297 g/mol. The van der Waals surface area contributed by atoms with E-state index in [-0.39, 0.29) is 0 Å². The van der Waals surface area contributed by atoms with Gasteiger partial charge in [-0.2, -0.15) is 0 Å². The van der Waals surface area contributed by atoms with E-state index < -0.39 is 0 Å². The normalized spacial score (nSPS) is 16.6. The molecule has 0 saturated carbocycles. The standard InChI is InChI=1S/C19H23NO2/c1-13-4-6-14(7-5-13)8-15-9-16-10-17(21-2)11-18(22-3)19(16)20-12-15/h4-7,10-11,15,20H,8-9,12H2,1-3H3. The maximum absolute atomic E-state index is 5.48. The first-order valence-corrected chi connectivity index (χ1v) is 7.74. The minimum atomic E-state index is 0.590. The highest BCUT2D eigenvalue weighted by Gasteiger charge is 2.22. The van der Waals surface area contributed by atoms with Crippen LogP contribution in [0.15, 0.2) is 36.4 Å². The van der Waals surface area contributed by atoms with Gasteiger partial charge in [0.2, 0.25) is 0 Å². The Morgan fingerprint density at radius 1 is 1.09 bits per heavy atom. The summed E-state index contributed by atoms with van der Waals surface area (Å²) in [5, 5.41) is 3.53. The molecule has 0 bridgehead atoms. The summed E-state index contributed by atoms with van der Waals surface area (Å²) in [5.41, 5.74) is 5.10. The molecule has 0 spiro atoms. The Hall–Kier alpha value is -2.16. The zero-order valence-corrected chi connectivity index (χ0v) is 13.5. The predicted octanol–water partition coefficient (Wildman–Crippen LogP) is 3.84. The number of benzene rings is 2. The average molecular weight is 297 g/mol. The number of hydrogen-bond acceptors (Lipinski definition) is 3. The summed E-state index contributed by atoms with van der Waals surface area (Å²) in [5.74, 6) is 2.31. The van der Waals surface area contributed by atoms with E-state index in [4.69, 9.17) is 9.47 Å². The van der Waals surface area contributed by atoms with Crippen molar-refractivity contribution >= 4 is 5.69 Å². The molecule has 0 aromatic heterocycles. The first kappa shape index (κ1) is 14.8. The van der Waals surface area contributed by atoms with Crippen molar-refractivity contribution in [1.82, 2.24) is 0 Å². The average Bonchev–Trinajstić information content (AvgIpc) is 2.55. The van der Waals surface area contributed by atoms with E-state index >= 15 is 0 Å². The highest BCUT2D eigenvalue weighted by Crippen LogP contribution is 2.38. The topological polar surface area (TPSA) is 30.5 Å². The van der Waals surface area contributed by atoms with Gasteiger partial charge in [-0.15, -0.1) is 0 Å². The number of rotatable bonds is 4. The first-order chi connectivity index (χ1) is 10.7. The second-order valence-electron chi connectivity index (χ2n) is 6.00. The van der Waals surface area contributed by atoms with Gasteiger partial charge in [0.1, 0.15) is 11.5 Å². The molecule has 1 heterocycles. The number of hydrogen-bond donors (Lipinski definition) is 1. The van der Waals surface area contributed by atoms with E-state index in [0.29, 0.717) is 5.92 Å². The summed E-state index contributed by atoms with van der Waals surface area (Å²) in [6, 6.07) is 12.9. The number of fused-ring (bicyclic) bond motifs is 1. The maximum Gasteiger partial charge on any atom is 0.145 e. The van der Waals surface area contributed by atoms with Gasteiger partial charge < -0.3 is 14.8 Å². The molecule has 0 fully saturated rings. The Morgan fingerprint density at radius 2 is 1.86 bits per heavy atom. The summed E-state index contributed by atoms with van der Waals surface area (Å²) in [6.45, 7) is 3.10. The highest BCUT2D eigenvalue weighted by atomic mass is 16.5. The number of nitrogens with one attached hydrogen (secondary N) is 1. The fourth-order valence-corrected chi connectivity index (χ4v) is 3.12. The van der Waals surface area contributed by atoms with E-state index in [0.717, 1.165) is 36.6 Å². The fourth-order valence-electron chi connectivity index (χ4n) is 3.12. The lowest BCUT2D eigenvalue weighted by Gasteiger charge is -2.28. The SMILES string of the molecule is COc1cc2c(c(OC)c1)NCC(Cc1ccc(C)cc1)C2. The molecule has 2 aromatic rings. The van der Waals surface area contributed by atoms with Crippen LogP contribution in [0.5, 0.6) is 11.5 Å². The molecule has 0 saturated heterocycles. The zero-order chi connectivity index (χ0) is 15.5. The molecular formula is C19H23NO2. The summed E-state index contributed by atoms with van der Waals surface area (Å²) < 4.78 is 10.9. The third-order valence-corrected chi connectivity index (χ3v) is 4.33. The quantitative estimate of drug-likeness (QED) is 0.930. The Kier molecular flexibility index (Phi) is 4.23. The Morgan fingerprint density at radius 3 is 2.55 bits per heavy atom. The van der Waals surface area contributed by atoms with Gasteiger partial charge in [-0.3, -0.25) is 0 Å². The van der Waals surface area contributed by atoms with Gasteiger partial charge in [-0.1, -0.05) is 29.8 Å². The second-order valence-corrected chi connectivity index (χ2v) is 6.00. The summed E-state index contributed by atoms with van der Waals surface area (Å²) in [7, 11) is 3.40. The molecule has 1 aliphatic heterocycles. The summed E-state index contributed by atoms with van der Waals surface area (Å²) in [6.07, 6.45) is 2.13. The van der Waals surface area contributed by atoms with Crippen LogP contribution in [0.2, 0.25) is 0 Å². The van der Waals surface area contributed by atoms with Crippen LogP contribution in [0.3, 0.4) is 0 Å². The Labute approximate surface area is 132 Å². The van der Waals surface area contributed by atoms with Gasteiger partial charge >= 0.3 is 0 Å². The van der Waals surface area contributed by atoms with Gasteiger partial charge in [0, 0.05) is 12.6 Å². The lowest BCUT2D eigenvalue weighted by atomic mass is 9.88. The second kappa shape index (κ2) is 6.30. The number of ether oxygens (including phenoxy) is 2. The molecule has 3 nitrogen and oxygen atoms in total. The Balaban J connectivity index is 1.79. The summed E-state index contributed by atoms with van der Waals surface area (Å²) >= 11 is 0. The molecule has 116 valence electrons. The van der Waals surface area contributed by atoms with Crippen LogP contribution in [-0.4, -0.2) is 20.8 Å². The lowest BCUT2D eigenvalue weighted by Crippen LogP contribution is -2.25. The minimum absolute atomic E-state index is 0.590. The molecule has 3 heteroatoms. The van der Waals surface area contributed by atoms with Crippen LogP contribution >= 0.6 is 0 Å². The van der Waals surface area contributed by atoms with Crippen molar-refractivity contribution in [3.8, 4) is 11.5 Å². The van der Waals surface area contributed by atoms with Gasteiger partial charge in [0.15, 0.2) is 0 Å². The predicted molar refractivity (Wildman–Crippen MR) is 90.1 cm³/mol. The molecule has 1 N–H and O–H groups in total. The molecule has 1 unspecified atom stereocenters. The van der Waals surface area contributed by atoms with Crippen molar-refractivity contribution in [2.24, 2.45) is 5.92 Å². The van der Waals surface area contributed by atoms with Crippen LogP contribution in [0.25, 0.3) is 0 Å². The lowest BCUT2D eigenvalue weighted by molar-refractivity contribution is 0.392. The van der Waals surface area contributed by atoms with E-state index in [1.165, 1.54) is 16.7 Å². The number of anilines is 1. The van der Waals surface area contributed by atoms with Gasteiger partial charge in [0.05, 0.1) is 19.9 Å². The van der Waals surface area contributed by atoms with E-state index in [9.17, 15) is 0 Å². The summed E-state index contributed by atoms with van der Waals surface area (Å²) in [4.78, 5) is 0. The highest BCUT2D eigenvalue weighted by molar-refractivity contribution is 5.66. The fraction of sp³-hybridized carbons (Fsp3) is 0.368. The molecule has 2 aromatic carbocycles. The van der Waals surface area contributed by atoms with Crippen molar-refractivity contribution in [3.05, 3.63) is 53.1 Å². The minimum Gasteiger partial charge on any atom is -0.497 e. The van der Waals surface area contributed by atoms with Crippen LogP contribution in [0, 0.1) is 12.8 Å². The van der Waals surface area contributed by atoms with E-state index in [2.05, 4.69) is 42.6 Å². The molecule has 3 rings (SSSR count). The van der Waals surface area contributed by atoms with Crippen LogP contribution in [0.1, 0.15) is 16.7 Å². The Bertz CT molecular complexity index is 649. The van der Waals surface area contributed by atoms with Gasteiger partial charge in [0.25, 0.3) is 0 Å². The van der Waals surface area contributed by atoms with Crippen molar-refractivity contribution < 1.29 is 9.47 Å². The van der Waals surface area contributed by atoms with Crippen LogP contribution in [-0.2, 0) is 12.8 Å². The van der Waals surface area contributed by atoms with Crippen LogP contribution < -0.4 is 14.8 Å². The van der Waals surface area contributed by atoms with E-state index in [1.54, 1.807) is 14.2 Å². The third kappa shape index (κ3) is 3.03. The maximum atomic E-state index is 5.48. The molecule has 0 radical (unpaired) electrons. The van der Waals surface area contributed by atoms with Gasteiger partial charge in [-0.05, 0) is 42.9 Å². The number of aryl methyl sites for hydroxylation is 1. The van der Waals surface area contributed by atoms with Crippen LogP contribution in [0.4, 0.5) is 5.69 Å². The molecule has 22 heavy (non-hydrogen) atoms. The number of methoxy groups -OCH3 is 2. The largest absolute Gasteiger partial charge is 0.497 e. The third-order valence-electron chi connectivity index (χ3n) is 4.33. The van der Waals surface area contributed by atoms with Crippen molar-refractivity contribution in [2.75, 3.05) is 26.1 Å². The van der Waals surface area contributed by atoms with Crippen molar-refractivity contribution in [2.45, 2.75) is 19.8 Å². The van der Waals surface area contributed by atoms with E-state index in [1.807, 2.05) is 6.07 Å². The van der Waals surface area contributed by atoms with Crippen molar-refractivity contribution in [1.29, 1.82) is 0 Å².